The van der Waals surface area contributed by atoms with Gasteiger partial charge in [0.25, 0.3) is 0 Å². The Morgan fingerprint density at radius 3 is 3.06 bits per heavy atom. The van der Waals surface area contributed by atoms with Crippen LogP contribution >= 0.6 is 0 Å². The van der Waals surface area contributed by atoms with Gasteiger partial charge in [0, 0.05) is 25.9 Å². The van der Waals surface area contributed by atoms with Gasteiger partial charge in [-0.15, -0.1) is 0 Å². The second-order valence-electron chi connectivity index (χ2n) is 4.57. The molecule has 0 saturated carbocycles. The molecule has 1 fully saturated rings. The van der Waals surface area contributed by atoms with Crippen LogP contribution in [0.25, 0.3) is 0 Å². The molecule has 1 N–H and O–H groups in total. The number of hydrogen-bond donors (Lipinski definition) is 1. The Hall–Kier alpha value is -1.03. The zero-order valence-corrected chi connectivity index (χ0v) is 10.4. The number of hydrogen-bond acceptors (Lipinski definition) is 3. The molecule has 2 unspecified atom stereocenters. The first-order chi connectivity index (χ1) is 7.69. The van der Waals surface area contributed by atoms with Crippen molar-refractivity contribution in [3.63, 3.8) is 0 Å². The summed E-state index contributed by atoms with van der Waals surface area (Å²) in [6.45, 7) is 5.09. The molecule has 1 aromatic heterocycles. The van der Waals surface area contributed by atoms with E-state index in [0.29, 0.717) is 12.1 Å². The summed E-state index contributed by atoms with van der Waals surface area (Å²) in [7, 11) is 1.96. The molecule has 90 valence electrons. The van der Waals surface area contributed by atoms with E-state index in [0.717, 1.165) is 37.3 Å². The summed E-state index contributed by atoms with van der Waals surface area (Å²) in [4.78, 5) is 0. The zero-order chi connectivity index (χ0) is 11.5. The molecule has 1 saturated heterocycles. The summed E-state index contributed by atoms with van der Waals surface area (Å²) >= 11 is 0. The molecule has 4 heteroatoms. The fraction of sp³-hybridized carbons (Fsp3) is 0.750. The van der Waals surface area contributed by atoms with Crippen LogP contribution in [0.3, 0.4) is 0 Å². The molecule has 0 spiro atoms. The number of rotatable bonds is 3. The highest BCUT2D eigenvalue weighted by Crippen LogP contribution is 2.21. The molecule has 0 bridgehead atoms. The van der Waals surface area contributed by atoms with Gasteiger partial charge < -0.3 is 10.1 Å². The highest BCUT2D eigenvalue weighted by Gasteiger charge is 2.21. The topological polar surface area (TPSA) is 39.1 Å². The summed E-state index contributed by atoms with van der Waals surface area (Å²) in [6.07, 6.45) is 5.76. The van der Waals surface area contributed by atoms with Gasteiger partial charge in [0.15, 0.2) is 0 Å². The third-order valence-corrected chi connectivity index (χ3v) is 3.20. The third kappa shape index (κ3) is 2.55. The largest absolute Gasteiger partial charge is 0.379 e. The van der Waals surface area contributed by atoms with Gasteiger partial charge in [-0.2, -0.15) is 5.10 Å². The molecule has 0 aromatic carbocycles. The Kier molecular flexibility index (Phi) is 3.49. The smallest absolute Gasteiger partial charge is 0.0825 e. The lowest BCUT2D eigenvalue weighted by molar-refractivity contribution is 0.00925. The molecule has 2 rings (SSSR count). The average Bonchev–Trinajstić information content (AvgIpc) is 2.58. The molecule has 1 aliphatic rings. The second-order valence-corrected chi connectivity index (χ2v) is 4.57. The Labute approximate surface area is 97.0 Å². The molecule has 1 aromatic rings. The molecule has 0 amide bonds. The normalized spacial score (nSPS) is 25.7. The Morgan fingerprint density at radius 2 is 2.44 bits per heavy atom. The molecule has 2 atom stereocenters. The van der Waals surface area contributed by atoms with E-state index in [1.807, 2.05) is 24.9 Å². The first-order valence-corrected chi connectivity index (χ1v) is 6.07. The fourth-order valence-electron chi connectivity index (χ4n) is 2.26. The summed E-state index contributed by atoms with van der Waals surface area (Å²) in [6, 6.07) is 0.529. The van der Waals surface area contributed by atoms with Crippen LogP contribution in [-0.2, 0) is 11.8 Å². The van der Waals surface area contributed by atoms with Crippen molar-refractivity contribution in [1.82, 2.24) is 9.78 Å². The molecule has 4 nitrogen and oxygen atoms in total. The van der Waals surface area contributed by atoms with Crippen LogP contribution in [0, 0.1) is 6.92 Å². The van der Waals surface area contributed by atoms with Crippen LogP contribution in [0.5, 0.6) is 0 Å². The van der Waals surface area contributed by atoms with E-state index < -0.39 is 0 Å². The fourth-order valence-corrected chi connectivity index (χ4v) is 2.26. The Bertz CT molecular complexity index is 348. The van der Waals surface area contributed by atoms with Crippen molar-refractivity contribution in [2.24, 2.45) is 7.05 Å². The van der Waals surface area contributed by atoms with E-state index in [1.165, 1.54) is 0 Å². The minimum absolute atomic E-state index is 0.420. The summed E-state index contributed by atoms with van der Waals surface area (Å²) in [5.41, 5.74) is 2.23. The van der Waals surface area contributed by atoms with Crippen molar-refractivity contribution >= 4 is 5.69 Å². The maximum Gasteiger partial charge on any atom is 0.0825 e. The standard InChI is InChI=1S/C12H21N3O/c1-4-11-7-10(5-6-16-11)13-12-8-15(3)14-9(12)2/h8,10-11,13H,4-7H2,1-3H3. The third-order valence-electron chi connectivity index (χ3n) is 3.20. The molecule has 2 heterocycles. The van der Waals surface area contributed by atoms with Crippen molar-refractivity contribution in [3.05, 3.63) is 11.9 Å². The lowest BCUT2D eigenvalue weighted by atomic mass is 10.0. The number of anilines is 1. The van der Waals surface area contributed by atoms with E-state index >= 15 is 0 Å². The van der Waals surface area contributed by atoms with Crippen LogP contribution in [0.2, 0.25) is 0 Å². The van der Waals surface area contributed by atoms with Gasteiger partial charge in [0.2, 0.25) is 0 Å². The van der Waals surface area contributed by atoms with Crippen LogP contribution in [-0.4, -0.2) is 28.5 Å². The molecule has 1 aliphatic heterocycles. The number of nitrogens with zero attached hydrogens (tertiary/aromatic N) is 2. The lowest BCUT2D eigenvalue weighted by Gasteiger charge is -2.29. The molecular weight excluding hydrogens is 202 g/mol. The van der Waals surface area contributed by atoms with Crippen LogP contribution in [0.15, 0.2) is 6.20 Å². The minimum Gasteiger partial charge on any atom is -0.379 e. The molecular formula is C12H21N3O. The van der Waals surface area contributed by atoms with E-state index in [4.69, 9.17) is 4.74 Å². The van der Waals surface area contributed by atoms with Crippen LogP contribution in [0.4, 0.5) is 5.69 Å². The Balaban J connectivity index is 1.96. The van der Waals surface area contributed by atoms with Crippen molar-refractivity contribution < 1.29 is 4.74 Å². The van der Waals surface area contributed by atoms with Crippen molar-refractivity contribution in [2.75, 3.05) is 11.9 Å². The van der Waals surface area contributed by atoms with Gasteiger partial charge in [-0.25, -0.2) is 0 Å². The monoisotopic (exact) mass is 223 g/mol. The zero-order valence-electron chi connectivity index (χ0n) is 10.4. The molecule has 0 aliphatic carbocycles. The summed E-state index contributed by atoms with van der Waals surface area (Å²) in [5, 5.41) is 7.91. The average molecular weight is 223 g/mol. The number of nitrogens with one attached hydrogen (secondary N) is 1. The number of ether oxygens (including phenoxy) is 1. The van der Waals surface area contributed by atoms with Gasteiger partial charge in [0.05, 0.1) is 17.5 Å². The Morgan fingerprint density at radius 1 is 1.62 bits per heavy atom. The summed E-state index contributed by atoms with van der Waals surface area (Å²) < 4.78 is 7.53. The van der Waals surface area contributed by atoms with Gasteiger partial charge in [-0.1, -0.05) is 6.92 Å². The predicted molar refractivity (Wildman–Crippen MR) is 64.6 cm³/mol. The first kappa shape index (κ1) is 11.5. The highest BCUT2D eigenvalue weighted by molar-refractivity contribution is 5.46. The van der Waals surface area contributed by atoms with Crippen LogP contribution < -0.4 is 5.32 Å². The lowest BCUT2D eigenvalue weighted by Crippen LogP contribution is -2.33. The van der Waals surface area contributed by atoms with E-state index in [2.05, 4.69) is 17.3 Å². The van der Waals surface area contributed by atoms with Gasteiger partial charge in [-0.05, 0) is 26.2 Å². The molecule has 16 heavy (non-hydrogen) atoms. The van der Waals surface area contributed by atoms with E-state index in [-0.39, 0.29) is 0 Å². The highest BCUT2D eigenvalue weighted by atomic mass is 16.5. The number of aromatic nitrogens is 2. The predicted octanol–water partition coefficient (Wildman–Crippen LogP) is 2.10. The van der Waals surface area contributed by atoms with Gasteiger partial charge in [0.1, 0.15) is 0 Å². The van der Waals surface area contributed by atoms with Crippen molar-refractivity contribution in [3.8, 4) is 0 Å². The van der Waals surface area contributed by atoms with Crippen molar-refractivity contribution in [1.29, 1.82) is 0 Å². The van der Waals surface area contributed by atoms with Gasteiger partial charge in [-0.3, -0.25) is 4.68 Å². The van der Waals surface area contributed by atoms with E-state index in [9.17, 15) is 0 Å². The SMILES string of the molecule is CCC1CC(Nc2cn(C)nc2C)CCO1. The quantitative estimate of drug-likeness (QED) is 0.853. The maximum absolute atomic E-state index is 5.67. The van der Waals surface area contributed by atoms with Gasteiger partial charge >= 0.3 is 0 Å². The first-order valence-electron chi connectivity index (χ1n) is 6.07. The molecule has 0 radical (unpaired) electrons. The summed E-state index contributed by atoms with van der Waals surface area (Å²) in [5.74, 6) is 0. The minimum atomic E-state index is 0.420. The van der Waals surface area contributed by atoms with E-state index in [1.54, 1.807) is 0 Å². The maximum atomic E-state index is 5.67. The van der Waals surface area contributed by atoms with Crippen molar-refractivity contribution in [2.45, 2.75) is 45.3 Å². The van der Waals surface area contributed by atoms with Crippen LogP contribution in [0.1, 0.15) is 31.9 Å². The second kappa shape index (κ2) is 4.87. The number of aryl methyl sites for hydroxylation is 2.